The van der Waals surface area contributed by atoms with Crippen molar-refractivity contribution in [3.63, 3.8) is 0 Å². The normalized spacial score (nSPS) is 18.6. The molecule has 0 radical (unpaired) electrons. The molecule has 1 aliphatic carbocycles. The lowest BCUT2D eigenvalue weighted by Gasteiger charge is -2.27. The van der Waals surface area contributed by atoms with E-state index in [-0.39, 0.29) is 29.4 Å². The van der Waals surface area contributed by atoms with E-state index in [2.05, 4.69) is 5.32 Å². The highest BCUT2D eigenvalue weighted by atomic mass is 16.4. The predicted molar refractivity (Wildman–Crippen MR) is 73.9 cm³/mol. The Morgan fingerprint density at radius 1 is 1.45 bits per heavy atom. The Kier molecular flexibility index (Phi) is 3.73. The maximum absolute atomic E-state index is 12.2. The number of hydrogen-bond acceptors (Lipinski definition) is 4. The van der Waals surface area contributed by atoms with Crippen molar-refractivity contribution in [3.8, 4) is 0 Å². The summed E-state index contributed by atoms with van der Waals surface area (Å²) in [5.74, 6) is 0.433. The first-order valence-electron chi connectivity index (χ1n) is 6.83. The van der Waals surface area contributed by atoms with Crippen LogP contribution in [0.2, 0.25) is 0 Å². The summed E-state index contributed by atoms with van der Waals surface area (Å²) in [7, 11) is 0. The molecule has 1 heterocycles. The quantitative estimate of drug-likeness (QED) is 0.885. The molecule has 0 fully saturated rings. The Balaban J connectivity index is 2.30. The summed E-state index contributed by atoms with van der Waals surface area (Å²) in [6, 6.07) is 0. The van der Waals surface area contributed by atoms with Gasteiger partial charge in [-0.15, -0.1) is 0 Å². The summed E-state index contributed by atoms with van der Waals surface area (Å²) in [6.07, 6.45) is 0.498. The van der Waals surface area contributed by atoms with E-state index in [1.165, 1.54) is 0 Å². The van der Waals surface area contributed by atoms with Crippen molar-refractivity contribution in [2.45, 2.75) is 46.6 Å². The van der Waals surface area contributed by atoms with Crippen molar-refractivity contribution in [2.24, 2.45) is 5.41 Å². The van der Waals surface area contributed by atoms with Gasteiger partial charge < -0.3 is 14.8 Å². The van der Waals surface area contributed by atoms with Crippen molar-refractivity contribution >= 4 is 11.7 Å². The number of rotatable bonds is 3. The standard InChI is InChI=1S/C15H21NO4/c1-8(17)7-16-14(19)13-9(2)12-10(18)5-15(3,4)6-11(12)20-13/h8,17H,5-7H2,1-4H3,(H,16,19). The molecule has 0 spiro atoms. The highest BCUT2D eigenvalue weighted by Crippen LogP contribution is 2.38. The topological polar surface area (TPSA) is 79.5 Å². The van der Waals surface area contributed by atoms with Gasteiger partial charge in [-0.1, -0.05) is 13.8 Å². The molecule has 0 saturated heterocycles. The largest absolute Gasteiger partial charge is 0.455 e. The maximum Gasteiger partial charge on any atom is 0.287 e. The van der Waals surface area contributed by atoms with Gasteiger partial charge in [0.15, 0.2) is 11.5 Å². The molecule has 1 amide bonds. The van der Waals surface area contributed by atoms with E-state index >= 15 is 0 Å². The molecule has 0 aliphatic heterocycles. The molecule has 1 aromatic heterocycles. The monoisotopic (exact) mass is 279 g/mol. The van der Waals surface area contributed by atoms with Crippen molar-refractivity contribution in [2.75, 3.05) is 6.54 Å². The molecule has 1 aromatic rings. The Bertz CT molecular complexity index is 554. The van der Waals surface area contributed by atoms with Crippen LogP contribution in [0.15, 0.2) is 4.42 Å². The molecular weight excluding hydrogens is 258 g/mol. The minimum absolute atomic E-state index is 0.0343. The van der Waals surface area contributed by atoms with E-state index in [0.717, 1.165) is 0 Å². The Morgan fingerprint density at radius 2 is 2.10 bits per heavy atom. The maximum atomic E-state index is 12.2. The number of furan rings is 1. The van der Waals surface area contributed by atoms with Crippen LogP contribution in [-0.2, 0) is 6.42 Å². The number of fused-ring (bicyclic) bond motifs is 1. The van der Waals surface area contributed by atoms with E-state index in [9.17, 15) is 14.7 Å². The first-order chi connectivity index (χ1) is 9.21. The summed E-state index contributed by atoms with van der Waals surface area (Å²) in [4.78, 5) is 24.2. The van der Waals surface area contributed by atoms with Crippen LogP contribution >= 0.6 is 0 Å². The molecule has 2 N–H and O–H groups in total. The molecule has 1 aliphatic rings. The number of hydrogen-bond donors (Lipinski definition) is 2. The van der Waals surface area contributed by atoms with Gasteiger partial charge in [0, 0.05) is 24.9 Å². The number of aliphatic hydroxyl groups excluding tert-OH is 1. The summed E-state index contributed by atoms with van der Waals surface area (Å²) < 4.78 is 5.62. The van der Waals surface area contributed by atoms with Crippen molar-refractivity contribution in [1.29, 1.82) is 0 Å². The van der Waals surface area contributed by atoms with Gasteiger partial charge in [-0.05, 0) is 19.3 Å². The van der Waals surface area contributed by atoms with Crippen LogP contribution in [0.25, 0.3) is 0 Å². The molecule has 0 bridgehead atoms. The van der Waals surface area contributed by atoms with Crippen LogP contribution in [-0.4, -0.2) is 29.4 Å². The highest BCUT2D eigenvalue weighted by Gasteiger charge is 2.36. The van der Waals surface area contributed by atoms with Gasteiger partial charge in [0.1, 0.15) is 5.76 Å². The number of Topliss-reactive ketones (excluding diaryl/α,β-unsaturated/α-hetero) is 1. The number of aliphatic hydroxyl groups is 1. The number of nitrogens with one attached hydrogen (secondary N) is 1. The van der Waals surface area contributed by atoms with Gasteiger partial charge in [-0.2, -0.15) is 0 Å². The Morgan fingerprint density at radius 3 is 2.70 bits per heavy atom. The zero-order valence-corrected chi connectivity index (χ0v) is 12.4. The second-order valence-electron chi connectivity index (χ2n) is 6.35. The number of carbonyl (C=O) groups is 2. The smallest absolute Gasteiger partial charge is 0.287 e. The average molecular weight is 279 g/mol. The third-order valence-electron chi connectivity index (χ3n) is 3.54. The molecule has 0 saturated carbocycles. The minimum atomic E-state index is -0.621. The lowest BCUT2D eigenvalue weighted by molar-refractivity contribution is 0.0877. The third kappa shape index (κ3) is 2.77. The van der Waals surface area contributed by atoms with E-state index in [1.807, 2.05) is 13.8 Å². The van der Waals surface area contributed by atoms with Gasteiger partial charge in [-0.3, -0.25) is 9.59 Å². The minimum Gasteiger partial charge on any atom is -0.455 e. The van der Waals surface area contributed by atoms with Gasteiger partial charge in [0.05, 0.1) is 11.7 Å². The lowest BCUT2D eigenvalue weighted by atomic mass is 9.76. The highest BCUT2D eigenvalue weighted by molar-refractivity contribution is 6.03. The van der Waals surface area contributed by atoms with Crippen LogP contribution < -0.4 is 5.32 Å². The summed E-state index contributed by atoms with van der Waals surface area (Å²) in [5.41, 5.74) is 1.02. The molecular formula is C15H21NO4. The van der Waals surface area contributed by atoms with E-state index in [4.69, 9.17) is 4.42 Å². The fraction of sp³-hybridized carbons (Fsp3) is 0.600. The van der Waals surface area contributed by atoms with Crippen LogP contribution in [0.5, 0.6) is 0 Å². The van der Waals surface area contributed by atoms with Crippen molar-refractivity contribution in [1.82, 2.24) is 5.32 Å². The van der Waals surface area contributed by atoms with E-state index in [0.29, 0.717) is 29.7 Å². The molecule has 1 atom stereocenters. The molecule has 20 heavy (non-hydrogen) atoms. The lowest BCUT2D eigenvalue weighted by Crippen LogP contribution is -2.30. The average Bonchev–Trinajstić information content (AvgIpc) is 2.61. The summed E-state index contributed by atoms with van der Waals surface area (Å²) in [5, 5.41) is 11.8. The molecule has 5 nitrogen and oxygen atoms in total. The zero-order valence-electron chi connectivity index (χ0n) is 12.4. The van der Waals surface area contributed by atoms with E-state index < -0.39 is 6.10 Å². The molecule has 5 heteroatoms. The van der Waals surface area contributed by atoms with Crippen LogP contribution in [0.4, 0.5) is 0 Å². The van der Waals surface area contributed by atoms with Crippen molar-refractivity contribution < 1.29 is 19.1 Å². The Labute approximate surface area is 118 Å². The third-order valence-corrected chi connectivity index (χ3v) is 3.54. The fourth-order valence-electron chi connectivity index (χ4n) is 2.62. The number of carbonyl (C=O) groups excluding carboxylic acids is 2. The van der Waals surface area contributed by atoms with Crippen LogP contribution in [0.1, 0.15) is 59.4 Å². The van der Waals surface area contributed by atoms with Gasteiger partial charge >= 0.3 is 0 Å². The second-order valence-corrected chi connectivity index (χ2v) is 6.35. The Hall–Kier alpha value is -1.62. The molecule has 110 valence electrons. The summed E-state index contributed by atoms with van der Waals surface area (Å²) in [6.45, 7) is 7.50. The molecule has 1 unspecified atom stereocenters. The first kappa shape index (κ1) is 14.8. The van der Waals surface area contributed by atoms with Crippen LogP contribution in [0, 0.1) is 12.3 Å². The van der Waals surface area contributed by atoms with Gasteiger partial charge in [0.2, 0.25) is 0 Å². The zero-order chi connectivity index (χ0) is 15.1. The predicted octanol–water partition coefficient (Wildman–Crippen LogP) is 1.85. The van der Waals surface area contributed by atoms with Crippen molar-refractivity contribution in [3.05, 3.63) is 22.6 Å². The number of ketones is 1. The molecule has 0 aromatic carbocycles. The van der Waals surface area contributed by atoms with Crippen LogP contribution in [0.3, 0.4) is 0 Å². The second kappa shape index (κ2) is 5.05. The number of amides is 1. The fourth-order valence-corrected chi connectivity index (χ4v) is 2.62. The molecule has 2 rings (SSSR count). The first-order valence-corrected chi connectivity index (χ1v) is 6.83. The summed E-state index contributed by atoms with van der Waals surface area (Å²) >= 11 is 0. The van der Waals surface area contributed by atoms with Gasteiger partial charge in [0.25, 0.3) is 5.91 Å². The SMILES string of the molecule is Cc1c(C(=O)NCC(C)O)oc2c1C(=O)CC(C)(C)C2. The van der Waals surface area contributed by atoms with E-state index in [1.54, 1.807) is 13.8 Å². The van der Waals surface area contributed by atoms with Gasteiger partial charge in [-0.25, -0.2) is 0 Å².